The van der Waals surface area contributed by atoms with Crippen molar-refractivity contribution in [2.75, 3.05) is 19.6 Å². The van der Waals surface area contributed by atoms with Crippen molar-refractivity contribution in [1.29, 1.82) is 0 Å². The highest BCUT2D eigenvalue weighted by atomic mass is 16.2. The van der Waals surface area contributed by atoms with Gasteiger partial charge in [0.05, 0.1) is 5.41 Å². The number of piperidine rings is 1. The molecule has 1 aliphatic heterocycles. The van der Waals surface area contributed by atoms with E-state index in [4.69, 9.17) is 0 Å². The van der Waals surface area contributed by atoms with Gasteiger partial charge in [0.15, 0.2) is 0 Å². The molecule has 0 aromatic carbocycles. The Kier molecular flexibility index (Phi) is 4.88. The summed E-state index contributed by atoms with van der Waals surface area (Å²) in [6.07, 6.45) is 6.97. The number of amides is 1. The summed E-state index contributed by atoms with van der Waals surface area (Å²) >= 11 is 0. The summed E-state index contributed by atoms with van der Waals surface area (Å²) in [5, 5.41) is 3.46. The van der Waals surface area contributed by atoms with Gasteiger partial charge in [-0.1, -0.05) is 13.3 Å². The largest absolute Gasteiger partial charge is 0.339 e. The molecule has 110 valence electrons. The third kappa shape index (κ3) is 3.50. The normalized spacial score (nSPS) is 27.6. The minimum Gasteiger partial charge on any atom is -0.339 e. The second-order valence-electron chi connectivity index (χ2n) is 6.81. The number of nitrogens with zero attached hydrogens (tertiary/aromatic N) is 1. The van der Waals surface area contributed by atoms with E-state index in [0.717, 1.165) is 51.2 Å². The Morgan fingerprint density at radius 1 is 1.42 bits per heavy atom. The zero-order valence-electron chi connectivity index (χ0n) is 12.9. The molecule has 0 aromatic heterocycles. The molecule has 1 amide bonds. The average Bonchev–Trinajstić information content (AvgIpc) is 3.20. The Balaban J connectivity index is 2.10. The number of hydrogen-bond donors (Lipinski definition) is 1. The molecule has 2 fully saturated rings. The van der Waals surface area contributed by atoms with Crippen LogP contribution in [-0.2, 0) is 4.79 Å². The number of nitrogens with one attached hydrogen (secondary N) is 1. The zero-order chi connectivity index (χ0) is 13.9. The highest BCUT2D eigenvalue weighted by molar-refractivity contribution is 5.83. The van der Waals surface area contributed by atoms with Gasteiger partial charge in [-0.2, -0.15) is 0 Å². The molecule has 1 N–H and O–H groups in total. The van der Waals surface area contributed by atoms with Crippen molar-refractivity contribution < 1.29 is 4.79 Å². The van der Waals surface area contributed by atoms with Crippen LogP contribution in [0.3, 0.4) is 0 Å². The molecule has 1 heterocycles. The monoisotopic (exact) mass is 266 g/mol. The van der Waals surface area contributed by atoms with E-state index in [1.165, 1.54) is 12.8 Å². The third-order valence-corrected chi connectivity index (χ3v) is 4.69. The maximum absolute atomic E-state index is 13.1. The maximum atomic E-state index is 13.1. The summed E-state index contributed by atoms with van der Waals surface area (Å²) in [6.45, 7) is 9.47. The molecule has 3 heteroatoms. The lowest BCUT2D eigenvalue weighted by Crippen LogP contribution is -2.54. The smallest absolute Gasteiger partial charge is 0.230 e. The van der Waals surface area contributed by atoms with Crippen molar-refractivity contribution in [3.63, 3.8) is 0 Å². The van der Waals surface area contributed by atoms with Gasteiger partial charge >= 0.3 is 0 Å². The lowest BCUT2D eigenvalue weighted by Gasteiger charge is -2.41. The number of rotatable bonds is 6. The molecular weight excluding hydrogens is 236 g/mol. The minimum absolute atomic E-state index is 0.119. The highest BCUT2D eigenvalue weighted by Gasteiger charge is 2.43. The molecule has 3 nitrogen and oxygen atoms in total. The van der Waals surface area contributed by atoms with Crippen molar-refractivity contribution in [3.8, 4) is 0 Å². The second-order valence-corrected chi connectivity index (χ2v) is 6.81. The first-order valence-electron chi connectivity index (χ1n) is 8.11. The Labute approximate surface area is 118 Å². The van der Waals surface area contributed by atoms with Gasteiger partial charge in [-0.15, -0.1) is 0 Å². The fourth-order valence-corrected chi connectivity index (χ4v) is 3.36. The molecule has 19 heavy (non-hydrogen) atoms. The summed E-state index contributed by atoms with van der Waals surface area (Å²) in [5.41, 5.74) is -0.119. The van der Waals surface area contributed by atoms with E-state index >= 15 is 0 Å². The highest BCUT2D eigenvalue weighted by Crippen LogP contribution is 2.37. The van der Waals surface area contributed by atoms with Gasteiger partial charge in [0.1, 0.15) is 0 Å². The first-order valence-corrected chi connectivity index (χ1v) is 8.11. The van der Waals surface area contributed by atoms with Gasteiger partial charge < -0.3 is 10.2 Å². The Morgan fingerprint density at radius 2 is 2.16 bits per heavy atom. The topological polar surface area (TPSA) is 32.3 Å². The van der Waals surface area contributed by atoms with E-state index < -0.39 is 0 Å². The van der Waals surface area contributed by atoms with E-state index in [-0.39, 0.29) is 5.41 Å². The summed E-state index contributed by atoms with van der Waals surface area (Å²) in [5.74, 6) is 1.20. The lowest BCUT2D eigenvalue weighted by molar-refractivity contribution is -0.146. The molecule has 1 saturated heterocycles. The quantitative estimate of drug-likeness (QED) is 0.802. The molecule has 1 unspecified atom stereocenters. The third-order valence-electron chi connectivity index (χ3n) is 4.69. The van der Waals surface area contributed by atoms with Crippen molar-refractivity contribution in [2.24, 2.45) is 11.3 Å². The second kappa shape index (κ2) is 6.25. The Bertz CT molecular complexity index is 298. The van der Waals surface area contributed by atoms with E-state index in [9.17, 15) is 4.79 Å². The molecule has 0 bridgehead atoms. The minimum atomic E-state index is -0.119. The fourth-order valence-electron chi connectivity index (χ4n) is 3.36. The summed E-state index contributed by atoms with van der Waals surface area (Å²) in [4.78, 5) is 15.3. The molecule has 2 rings (SSSR count). The van der Waals surface area contributed by atoms with Crippen LogP contribution in [0.25, 0.3) is 0 Å². The molecule has 0 radical (unpaired) electrons. The van der Waals surface area contributed by atoms with Gasteiger partial charge in [-0.25, -0.2) is 0 Å². The van der Waals surface area contributed by atoms with Crippen molar-refractivity contribution in [2.45, 2.75) is 65.3 Å². The van der Waals surface area contributed by atoms with Crippen LogP contribution in [0.5, 0.6) is 0 Å². The van der Waals surface area contributed by atoms with Gasteiger partial charge in [0, 0.05) is 19.1 Å². The van der Waals surface area contributed by atoms with Crippen LogP contribution >= 0.6 is 0 Å². The summed E-state index contributed by atoms with van der Waals surface area (Å²) in [6, 6.07) is 0.337. The Hall–Kier alpha value is -0.570. The number of carbonyl (C=O) groups is 1. The van der Waals surface area contributed by atoms with Crippen LogP contribution in [0, 0.1) is 11.3 Å². The predicted octanol–water partition coefficient (Wildman–Crippen LogP) is 2.80. The number of carbonyl (C=O) groups excluding carboxylic acids is 1. The van der Waals surface area contributed by atoms with Gasteiger partial charge in [-0.05, 0) is 58.4 Å². The standard InChI is InChI=1S/C16H30N2O/c1-4-8-16(9-5-10-17-12-16)15(19)18(13(2)3)11-14-6-7-14/h13-14,17H,4-12H2,1-3H3. The molecular formula is C16H30N2O. The number of hydrogen-bond acceptors (Lipinski definition) is 2. The SMILES string of the molecule is CCCC1(C(=O)N(CC2CC2)C(C)C)CCCNC1. The van der Waals surface area contributed by atoms with E-state index in [1.54, 1.807) is 0 Å². The van der Waals surface area contributed by atoms with Crippen LogP contribution in [-0.4, -0.2) is 36.5 Å². The van der Waals surface area contributed by atoms with Gasteiger partial charge in [0.2, 0.25) is 5.91 Å². The van der Waals surface area contributed by atoms with Crippen LogP contribution in [0.4, 0.5) is 0 Å². The van der Waals surface area contributed by atoms with Gasteiger partial charge in [0.25, 0.3) is 0 Å². The van der Waals surface area contributed by atoms with E-state index in [0.29, 0.717) is 11.9 Å². The summed E-state index contributed by atoms with van der Waals surface area (Å²) < 4.78 is 0. The van der Waals surface area contributed by atoms with Crippen LogP contribution in [0.2, 0.25) is 0 Å². The first-order chi connectivity index (χ1) is 9.09. The van der Waals surface area contributed by atoms with Gasteiger partial charge in [-0.3, -0.25) is 4.79 Å². The lowest BCUT2D eigenvalue weighted by atomic mass is 9.75. The van der Waals surface area contributed by atoms with Crippen molar-refractivity contribution >= 4 is 5.91 Å². The van der Waals surface area contributed by atoms with Crippen LogP contribution in [0.1, 0.15) is 59.3 Å². The van der Waals surface area contributed by atoms with Crippen LogP contribution < -0.4 is 5.32 Å². The van der Waals surface area contributed by atoms with E-state index in [1.807, 2.05) is 0 Å². The Morgan fingerprint density at radius 3 is 2.63 bits per heavy atom. The summed E-state index contributed by atoms with van der Waals surface area (Å²) in [7, 11) is 0. The molecule has 0 spiro atoms. The molecule has 1 saturated carbocycles. The molecule has 2 aliphatic rings. The fraction of sp³-hybridized carbons (Fsp3) is 0.938. The van der Waals surface area contributed by atoms with E-state index in [2.05, 4.69) is 31.0 Å². The molecule has 1 aliphatic carbocycles. The first kappa shape index (κ1) is 14.8. The maximum Gasteiger partial charge on any atom is 0.230 e. The average molecular weight is 266 g/mol. The predicted molar refractivity (Wildman–Crippen MR) is 79.0 cm³/mol. The van der Waals surface area contributed by atoms with Crippen molar-refractivity contribution in [1.82, 2.24) is 10.2 Å². The molecule has 1 atom stereocenters. The zero-order valence-corrected chi connectivity index (χ0v) is 12.9. The van der Waals surface area contributed by atoms with Crippen LogP contribution in [0.15, 0.2) is 0 Å². The molecule has 0 aromatic rings. The van der Waals surface area contributed by atoms with Crippen molar-refractivity contribution in [3.05, 3.63) is 0 Å².